The van der Waals surface area contributed by atoms with Crippen molar-refractivity contribution in [3.05, 3.63) is 29.8 Å². The fourth-order valence-electron chi connectivity index (χ4n) is 2.30. The Morgan fingerprint density at radius 3 is 2.54 bits per heavy atom. The maximum absolute atomic E-state index is 12.1. The molecule has 8 heteroatoms. The number of ether oxygens (including phenoxy) is 1. The number of amides is 1. The number of esters is 1. The summed E-state index contributed by atoms with van der Waals surface area (Å²) in [5, 5.41) is 2.78. The molecule has 0 unspecified atom stereocenters. The number of sulfonamides is 1. The minimum atomic E-state index is -3.64. The SMILES string of the molecule is CCCCC[C@H](C)NC(=O)COC(=O)c1cccc(S(=O)(=O)N(C)C)c1. The number of hydrogen-bond donors (Lipinski definition) is 1. The fraction of sp³-hybridized carbons (Fsp3) is 0.556. The predicted octanol–water partition coefficient (Wildman–Crippen LogP) is 2.18. The van der Waals surface area contributed by atoms with Gasteiger partial charge in [-0.2, -0.15) is 0 Å². The van der Waals surface area contributed by atoms with Crippen LogP contribution < -0.4 is 5.32 Å². The van der Waals surface area contributed by atoms with Gasteiger partial charge < -0.3 is 10.1 Å². The van der Waals surface area contributed by atoms with Crippen LogP contribution in [-0.4, -0.2) is 51.3 Å². The summed E-state index contributed by atoms with van der Waals surface area (Å²) < 4.78 is 30.3. The first-order valence-corrected chi connectivity index (χ1v) is 10.1. The highest BCUT2D eigenvalue weighted by Crippen LogP contribution is 2.15. The second-order valence-electron chi connectivity index (χ2n) is 6.36. The van der Waals surface area contributed by atoms with Crippen molar-refractivity contribution < 1.29 is 22.7 Å². The Kier molecular flexibility index (Phi) is 8.74. The summed E-state index contributed by atoms with van der Waals surface area (Å²) in [6, 6.07) is 5.56. The summed E-state index contributed by atoms with van der Waals surface area (Å²) in [6.07, 6.45) is 4.13. The molecule has 1 N–H and O–H groups in total. The topological polar surface area (TPSA) is 92.8 Å². The Morgan fingerprint density at radius 2 is 1.92 bits per heavy atom. The van der Waals surface area contributed by atoms with E-state index in [1.54, 1.807) is 0 Å². The van der Waals surface area contributed by atoms with Crippen molar-refractivity contribution in [3.8, 4) is 0 Å². The van der Waals surface area contributed by atoms with Crippen molar-refractivity contribution in [2.24, 2.45) is 0 Å². The van der Waals surface area contributed by atoms with E-state index in [0.29, 0.717) is 0 Å². The van der Waals surface area contributed by atoms with Crippen LogP contribution in [0.5, 0.6) is 0 Å². The summed E-state index contributed by atoms with van der Waals surface area (Å²) in [5.74, 6) is -1.12. The van der Waals surface area contributed by atoms with Crippen LogP contribution in [0.15, 0.2) is 29.2 Å². The molecule has 0 saturated carbocycles. The summed E-state index contributed by atoms with van der Waals surface area (Å²) in [7, 11) is -0.827. The molecule has 0 aromatic heterocycles. The van der Waals surface area contributed by atoms with Crippen LogP contribution in [0, 0.1) is 0 Å². The van der Waals surface area contributed by atoms with Gasteiger partial charge in [-0.05, 0) is 31.5 Å². The van der Waals surface area contributed by atoms with E-state index in [2.05, 4.69) is 12.2 Å². The zero-order chi connectivity index (χ0) is 19.7. The minimum Gasteiger partial charge on any atom is -0.452 e. The van der Waals surface area contributed by atoms with Crippen molar-refractivity contribution in [3.63, 3.8) is 0 Å². The standard InChI is InChI=1S/C18H28N2O5S/c1-5-6-7-9-14(2)19-17(21)13-25-18(22)15-10-8-11-16(12-15)26(23,24)20(3)4/h8,10-12,14H,5-7,9,13H2,1-4H3,(H,19,21)/t14-/m0/s1. The van der Waals surface area contributed by atoms with E-state index in [-0.39, 0.29) is 22.4 Å². The van der Waals surface area contributed by atoms with Gasteiger partial charge in [0, 0.05) is 20.1 Å². The molecule has 26 heavy (non-hydrogen) atoms. The van der Waals surface area contributed by atoms with Gasteiger partial charge in [-0.25, -0.2) is 17.5 Å². The molecule has 1 atom stereocenters. The minimum absolute atomic E-state index is 0.00838. The van der Waals surface area contributed by atoms with E-state index in [1.165, 1.54) is 38.4 Å². The highest BCUT2D eigenvalue weighted by Gasteiger charge is 2.19. The second-order valence-corrected chi connectivity index (χ2v) is 8.51. The molecule has 0 saturated heterocycles. The smallest absolute Gasteiger partial charge is 0.338 e. The van der Waals surface area contributed by atoms with Crippen molar-refractivity contribution in [2.45, 2.75) is 50.5 Å². The molecule has 0 heterocycles. The maximum Gasteiger partial charge on any atom is 0.338 e. The predicted molar refractivity (Wildman–Crippen MR) is 99.3 cm³/mol. The van der Waals surface area contributed by atoms with Gasteiger partial charge >= 0.3 is 5.97 Å². The van der Waals surface area contributed by atoms with Crippen LogP contribution in [0.3, 0.4) is 0 Å². The number of nitrogens with one attached hydrogen (secondary N) is 1. The summed E-state index contributed by atoms with van der Waals surface area (Å²) in [5.41, 5.74) is 0.0803. The fourth-order valence-corrected chi connectivity index (χ4v) is 3.25. The van der Waals surface area contributed by atoms with E-state index >= 15 is 0 Å². The number of carbonyl (C=O) groups is 2. The highest BCUT2D eigenvalue weighted by atomic mass is 32.2. The number of benzene rings is 1. The first kappa shape index (κ1) is 22.1. The van der Waals surface area contributed by atoms with Gasteiger partial charge in [0.25, 0.3) is 5.91 Å². The monoisotopic (exact) mass is 384 g/mol. The lowest BCUT2D eigenvalue weighted by atomic mass is 10.1. The molecule has 0 aliphatic rings. The average Bonchev–Trinajstić information content (AvgIpc) is 2.59. The molecule has 0 aliphatic carbocycles. The van der Waals surface area contributed by atoms with E-state index in [0.717, 1.165) is 30.0 Å². The molecule has 146 valence electrons. The van der Waals surface area contributed by atoms with Crippen molar-refractivity contribution in [1.82, 2.24) is 9.62 Å². The number of carbonyl (C=O) groups excluding carboxylic acids is 2. The van der Waals surface area contributed by atoms with Gasteiger partial charge in [0.1, 0.15) is 0 Å². The number of nitrogens with zero attached hydrogens (tertiary/aromatic N) is 1. The van der Waals surface area contributed by atoms with Crippen LogP contribution >= 0.6 is 0 Å². The van der Waals surface area contributed by atoms with Crippen LogP contribution in [0.1, 0.15) is 49.9 Å². The van der Waals surface area contributed by atoms with Gasteiger partial charge in [-0.1, -0.05) is 32.3 Å². The van der Waals surface area contributed by atoms with Gasteiger partial charge in [0.15, 0.2) is 6.61 Å². The molecule has 0 aliphatic heterocycles. The summed E-state index contributed by atoms with van der Waals surface area (Å²) >= 11 is 0. The Hall–Kier alpha value is -1.93. The molecule has 1 aromatic carbocycles. The molecule has 0 radical (unpaired) electrons. The first-order chi connectivity index (χ1) is 12.2. The van der Waals surface area contributed by atoms with Gasteiger partial charge in [0.2, 0.25) is 10.0 Å². The molecule has 0 fully saturated rings. The molecule has 1 rings (SSSR count). The van der Waals surface area contributed by atoms with Crippen LogP contribution in [0.25, 0.3) is 0 Å². The van der Waals surface area contributed by atoms with E-state index in [9.17, 15) is 18.0 Å². The zero-order valence-corrected chi connectivity index (χ0v) is 16.6. The van der Waals surface area contributed by atoms with E-state index < -0.39 is 22.6 Å². The first-order valence-electron chi connectivity index (χ1n) is 8.67. The third kappa shape index (κ3) is 6.76. The van der Waals surface area contributed by atoms with Crippen LogP contribution in [0.2, 0.25) is 0 Å². The van der Waals surface area contributed by atoms with Crippen LogP contribution in [0.4, 0.5) is 0 Å². The lowest BCUT2D eigenvalue weighted by Gasteiger charge is -2.14. The molecule has 0 spiro atoms. The number of unbranched alkanes of at least 4 members (excludes halogenated alkanes) is 2. The molecule has 1 amide bonds. The lowest BCUT2D eigenvalue weighted by molar-refractivity contribution is -0.124. The number of hydrogen-bond acceptors (Lipinski definition) is 5. The summed E-state index contributed by atoms with van der Waals surface area (Å²) in [4.78, 5) is 23.9. The molecule has 1 aromatic rings. The van der Waals surface area contributed by atoms with Crippen molar-refractivity contribution in [1.29, 1.82) is 0 Å². The lowest BCUT2D eigenvalue weighted by Crippen LogP contribution is -2.35. The average molecular weight is 384 g/mol. The van der Waals surface area contributed by atoms with E-state index in [1.807, 2.05) is 6.92 Å². The van der Waals surface area contributed by atoms with Gasteiger partial charge in [0.05, 0.1) is 10.5 Å². The zero-order valence-electron chi connectivity index (χ0n) is 15.8. The quantitative estimate of drug-likeness (QED) is 0.493. The summed E-state index contributed by atoms with van der Waals surface area (Å²) in [6.45, 7) is 3.62. The molecule has 0 bridgehead atoms. The van der Waals surface area contributed by atoms with E-state index in [4.69, 9.17) is 4.74 Å². The Balaban J connectivity index is 2.60. The van der Waals surface area contributed by atoms with Crippen molar-refractivity contribution >= 4 is 21.9 Å². The number of rotatable bonds is 10. The van der Waals surface area contributed by atoms with Gasteiger partial charge in [-0.3, -0.25) is 4.79 Å². The molecular formula is C18H28N2O5S. The Bertz CT molecular complexity index is 716. The Labute approximate surface area is 155 Å². The highest BCUT2D eigenvalue weighted by molar-refractivity contribution is 7.89. The normalized spacial score (nSPS) is 12.7. The van der Waals surface area contributed by atoms with Crippen molar-refractivity contribution in [2.75, 3.05) is 20.7 Å². The molecular weight excluding hydrogens is 356 g/mol. The second kappa shape index (κ2) is 10.3. The third-order valence-electron chi connectivity index (χ3n) is 3.83. The van der Waals surface area contributed by atoms with Gasteiger partial charge in [-0.15, -0.1) is 0 Å². The van der Waals surface area contributed by atoms with Crippen LogP contribution in [-0.2, 0) is 19.6 Å². The Morgan fingerprint density at radius 1 is 1.23 bits per heavy atom. The molecule has 7 nitrogen and oxygen atoms in total. The maximum atomic E-state index is 12.1. The third-order valence-corrected chi connectivity index (χ3v) is 5.64. The largest absolute Gasteiger partial charge is 0.452 e.